The van der Waals surface area contributed by atoms with Crippen LogP contribution >= 0.6 is 0 Å². The van der Waals surface area contributed by atoms with E-state index >= 15 is 0 Å². The van der Waals surface area contributed by atoms with Gasteiger partial charge in [-0.15, -0.1) is 17.5 Å². The van der Waals surface area contributed by atoms with Crippen LogP contribution in [0.3, 0.4) is 0 Å². The molecule has 0 spiro atoms. The number of benzene rings is 2. The summed E-state index contributed by atoms with van der Waals surface area (Å²) in [6.07, 6.45) is 9.18. The van der Waals surface area contributed by atoms with Crippen molar-refractivity contribution in [2.24, 2.45) is 24.8 Å². The van der Waals surface area contributed by atoms with Crippen molar-refractivity contribution in [2.75, 3.05) is 0 Å². The Balaban J connectivity index is 0.000000150. The van der Waals surface area contributed by atoms with Crippen LogP contribution in [0.15, 0.2) is 78.9 Å². The Bertz CT molecular complexity index is 1480. The molecule has 4 aromatic carbocycles. The minimum Gasteiger partial charge on any atom is -1.00 e. The van der Waals surface area contributed by atoms with Crippen LogP contribution in [0.5, 0.6) is 0 Å². The molecular formula is C34H37Cl2NZr-2. The van der Waals surface area contributed by atoms with Crippen LogP contribution in [-0.4, -0.2) is 7.77 Å². The summed E-state index contributed by atoms with van der Waals surface area (Å²) in [7, 11) is 2.15. The average Bonchev–Trinajstić information content (AvgIpc) is 3.57. The van der Waals surface area contributed by atoms with Crippen LogP contribution < -0.4 is 24.8 Å². The monoisotopic (exact) mass is 619 g/mol. The number of aryl methyl sites for hydroxylation is 1. The van der Waals surface area contributed by atoms with E-state index in [1.807, 2.05) is 0 Å². The number of hydrogen-bond acceptors (Lipinski definition) is 0. The zero-order valence-electron chi connectivity index (χ0n) is 22.7. The fourth-order valence-corrected chi connectivity index (χ4v) is 8.08. The van der Waals surface area contributed by atoms with E-state index in [9.17, 15) is 0 Å². The molecule has 0 saturated heterocycles. The summed E-state index contributed by atoms with van der Waals surface area (Å²) < 4.78 is 3.81. The van der Waals surface area contributed by atoms with E-state index in [2.05, 4.69) is 104 Å². The summed E-state index contributed by atoms with van der Waals surface area (Å²) in [4.78, 5) is 0. The normalized spacial score (nSPS) is 24.7. The largest absolute Gasteiger partial charge is 1.00 e. The maximum absolute atomic E-state index is 2.38. The maximum Gasteiger partial charge on any atom is 0.00712 e. The minimum atomic E-state index is 0. The van der Waals surface area contributed by atoms with Gasteiger partial charge in [0.25, 0.3) is 0 Å². The number of aromatic nitrogens is 1. The summed E-state index contributed by atoms with van der Waals surface area (Å²) >= 11 is 1.55. The molecular weight excluding hydrogens is 585 g/mol. The number of hydrogen-bond donors (Lipinski definition) is 0. The Kier molecular flexibility index (Phi) is 9.29. The zero-order valence-corrected chi connectivity index (χ0v) is 26.7. The van der Waals surface area contributed by atoms with Crippen LogP contribution in [0.4, 0.5) is 0 Å². The summed E-state index contributed by atoms with van der Waals surface area (Å²) in [5.74, 6) is 3.23. The van der Waals surface area contributed by atoms with Gasteiger partial charge in [0.1, 0.15) is 0 Å². The molecule has 4 fully saturated rings. The Labute approximate surface area is 254 Å². The zero-order chi connectivity index (χ0) is 24.9. The molecule has 5 aromatic rings. The Morgan fingerprint density at radius 3 is 1.97 bits per heavy atom. The molecule has 4 aliphatic rings. The molecule has 9 rings (SSSR count). The predicted octanol–water partition coefficient (Wildman–Crippen LogP) is 2.83. The molecule has 0 radical (unpaired) electrons. The first-order valence-corrected chi connectivity index (χ1v) is 14.9. The molecule has 4 saturated carbocycles. The SMILES string of the molecule is C[C](C)=[Zr+2].Cn1c2ccccc2c2[cH-]c3ccccc3c21.[Cl-].[Cl-].c1cc(C23CC4CC(CC(C4)C2)C3)c[cH-]1. The van der Waals surface area contributed by atoms with Crippen LogP contribution in [0.1, 0.15) is 57.9 Å². The second-order valence-corrected chi connectivity index (χ2v) is 14.4. The summed E-state index contributed by atoms with van der Waals surface area (Å²) in [5.41, 5.74) is 4.95. The van der Waals surface area contributed by atoms with E-state index in [-0.39, 0.29) is 24.8 Å². The Morgan fingerprint density at radius 1 is 0.842 bits per heavy atom. The molecule has 4 bridgehead atoms. The summed E-state index contributed by atoms with van der Waals surface area (Å²) in [6.45, 7) is 4.25. The van der Waals surface area contributed by atoms with Crippen LogP contribution in [0, 0.1) is 17.8 Å². The van der Waals surface area contributed by atoms with Gasteiger partial charge in [-0.3, -0.25) is 0 Å². The summed E-state index contributed by atoms with van der Waals surface area (Å²) in [6, 6.07) is 28.7. The standard InChI is InChI=1S/C16H12N.C15H19.C3H6.2ClH.Zr/c1-17-15-9-5-4-8-13(15)14-10-11-6-2-3-7-12(11)16(14)17;1-2-4-14(3-1)15-8-11-5-12(9-15)7-13(6-11)10-15;1-3-2;;;/h2-10H,1H3;1-4,11-13H,5-10H2;1-2H3;2*1H;/q2*-1;;;;+2/p-2. The van der Waals surface area contributed by atoms with Gasteiger partial charge in [0.15, 0.2) is 0 Å². The molecule has 4 aliphatic carbocycles. The molecule has 4 heteroatoms. The van der Waals surface area contributed by atoms with E-state index in [4.69, 9.17) is 0 Å². The molecule has 0 unspecified atom stereocenters. The first-order chi connectivity index (χ1) is 17.4. The van der Waals surface area contributed by atoms with Crippen molar-refractivity contribution < 1.29 is 49.0 Å². The van der Waals surface area contributed by atoms with E-state index in [0.29, 0.717) is 5.41 Å². The van der Waals surface area contributed by atoms with Gasteiger partial charge < -0.3 is 29.4 Å². The molecule has 1 nitrogen and oxygen atoms in total. The maximum atomic E-state index is 2.38. The number of nitrogens with zero attached hydrogens (tertiary/aromatic N) is 1. The van der Waals surface area contributed by atoms with Gasteiger partial charge in [0.2, 0.25) is 0 Å². The van der Waals surface area contributed by atoms with Gasteiger partial charge in [0.05, 0.1) is 0 Å². The first kappa shape index (κ1) is 29.5. The third-order valence-electron chi connectivity index (χ3n) is 8.98. The number of fused-ring (bicyclic) bond motifs is 5. The van der Waals surface area contributed by atoms with Gasteiger partial charge in [-0.1, -0.05) is 77.2 Å². The molecule has 38 heavy (non-hydrogen) atoms. The number of halogens is 2. The van der Waals surface area contributed by atoms with Crippen molar-refractivity contribution in [3.05, 3.63) is 84.4 Å². The second kappa shape index (κ2) is 12.0. The van der Waals surface area contributed by atoms with Gasteiger partial charge in [0, 0.05) is 12.6 Å². The van der Waals surface area contributed by atoms with Gasteiger partial charge in [-0.2, -0.15) is 23.8 Å². The minimum absolute atomic E-state index is 0. The topological polar surface area (TPSA) is 4.93 Å². The Hall–Kier alpha value is -1.47. The molecule has 0 atom stereocenters. The fourth-order valence-electron chi connectivity index (χ4n) is 8.08. The van der Waals surface area contributed by atoms with E-state index in [0.717, 1.165) is 17.8 Å². The first-order valence-electron chi connectivity index (χ1n) is 13.7. The average molecular weight is 622 g/mol. The van der Waals surface area contributed by atoms with Crippen molar-refractivity contribution in [2.45, 2.75) is 57.8 Å². The Morgan fingerprint density at radius 2 is 1.39 bits per heavy atom. The molecule has 0 amide bonds. The molecule has 0 aliphatic heterocycles. The van der Waals surface area contributed by atoms with Crippen molar-refractivity contribution in [1.82, 2.24) is 4.57 Å². The predicted molar refractivity (Wildman–Crippen MR) is 152 cm³/mol. The van der Waals surface area contributed by atoms with E-state index < -0.39 is 0 Å². The molecule has 0 N–H and O–H groups in total. The van der Waals surface area contributed by atoms with E-state index in [1.54, 1.807) is 49.1 Å². The summed E-state index contributed by atoms with van der Waals surface area (Å²) in [5, 5.41) is 5.39. The molecule has 1 aromatic heterocycles. The van der Waals surface area contributed by atoms with Crippen molar-refractivity contribution in [3.63, 3.8) is 0 Å². The van der Waals surface area contributed by atoms with E-state index in [1.165, 1.54) is 55.0 Å². The fraction of sp³-hybridized carbons (Fsp3) is 0.382. The molecule has 198 valence electrons. The number of rotatable bonds is 1. The third-order valence-corrected chi connectivity index (χ3v) is 8.98. The smallest absolute Gasteiger partial charge is 0.00712 e. The van der Waals surface area contributed by atoms with Crippen molar-refractivity contribution in [1.29, 1.82) is 0 Å². The number of para-hydroxylation sites is 1. The van der Waals surface area contributed by atoms with Crippen molar-refractivity contribution in [3.8, 4) is 0 Å². The van der Waals surface area contributed by atoms with Gasteiger partial charge >= 0.3 is 41.3 Å². The van der Waals surface area contributed by atoms with Gasteiger partial charge in [-0.25, -0.2) is 6.07 Å². The van der Waals surface area contributed by atoms with Gasteiger partial charge in [-0.05, 0) is 48.6 Å². The van der Waals surface area contributed by atoms with Crippen LogP contribution in [0.2, 0.25) is 0 Å². The van der Waals surface area contributed by atoms with Crippen LogP contribution in [0.25, 0.3) is 32.6 Å². The van der Waals surface area contributed by atoms with Crippen molar-refractivity contribution >= 4 is 35.8 Å². The van der Waals surface area contributed by atoms with Crippen LogP contribution in [-0.2, 0) is 36.7 Å². The third kappa shape index (κ3) is 5.43. The quantitative estimate of drug-likeness (QED) is 0.254. The second-order valence-electron chi connectivity index (χ2n) is 11.9. The molecule has 1 heterocycles.